The van der Waals surface area contributed by atoms with Crippen LogP contribution in [0.4, 0.5) is 0 Å². The number of aliphatic hydroxyl groups is 2. The van der Waals surface area contributed by atoms with Gasteiger partial charge >= 0.3 is 5.97 Å². The van der Waals surface area contributed by atoms with Crippen molar-refractivity contribution >= 4 is 5.97 Å². The number of carbonyl (C=O) groups excluding carboxylic acids is 1. The first-order valence-electron chi connectivity index (χ1n) is 18.7. The number of methoxy groups -OCH3 is 1. The topological polar surface area (TPSA) is 85.2 Å². The van der Waals surface area contributed by atoms with E-state index in [1.165, 1.54) is 12.7 Å². The summed E-state index contributed by atoms with van der Waals surface area (Å²) in [5.74, 6) is 1.96. The average molecular weight is 675 g/mol. The minimum absolute atomic E-state index is 0.204. The zero-order valence-corrected chi connectivity index (χ0v) is 30.6. The van der Waals surface area contributed by atoms with E-state index in [4.69, 9.17) is 24.4 Å². The predicted octanol–water partition coefficient (Wildman–Crippen LogP) is 9.64. The summed E-state index contributed by atoms with van der Waals surface area (Å²) >= 11 is 0. The lowest BCUT2D eigenvalue weighted by Gasteiger charge is -2.40. The van der Waals surface area contributed by atoms with Crippen LogP contribution in [0.25, 0.3) is 0 Å². The smallest absolute Gasteiger partial charge is 0.308 e. The van der Waals surface area contributed by atoms with E-state index in [-0.39, 0.29) is 31.0 Å². The van der Waals surface area contributed by atoms with Crippen LogP contribution in [0.15, 0.2) is 78.9 Å². The summed E-state index contributed by atoms with van der Waals surface area (Å²) in [6.07, 6.45) is 11.2. The third-order valence-corrected chi connectivity index (χ3v) is 9.96. The Hall–Kier alpha value is -3.35. The van der Waals surface area contributed by atoms with Gasteiger partial charge < -0.3 is 24.4 Å². The van der Waals surface area contributed by atoms with Gasteiger partial charge in [0, 0.05) is 18.6 Å². The molecular weight excluding hydrogens is 612 g/mol. The summed E-state index contributed by atoms with van der Waals surface area (Å²) in [5.41, 5.74) is 3.13. The summed E-state index contributed by atoms with van der Waals surface area (Å²) in [7, 11) is 1.47. The molecule has 3 unspecified atom stereocenters. The second-order valence-electron chi connectivity index (χ2n) is 13.8. The maximum absolute atomic E-state index is 13.1. The molecule has 3 aromatic rings. The zero-order valence-electron chi connectivity index (χ0n) is 30.6. The van der Waals surface area contributed by atoms with Crippen molar-refractivity contribution < 1.29 is 29.2 Å². The Morgan fingerprint density at radius 2 is 1.16 bits per heavy atom. The Kier molecular flexibility index (Phi) is 18.3. The van der Waals surface area contributed by atoms with E-state index >= 15 is 0 Å². The van der Waals surface area contributed by atoms with E-state index in [1.54, 1.807) is 0 Å². The summed E-state index contributed by atoms with van der Waals surface area (Å²) in [6.45, 7) is 8.34. The van der Waals surface area contributed by atoms with Crippen LogP contribution < -0.4 is 9.47 Å². The molecule has 6 nitrogen and oxygen atoms in total. The lowest BCUT2D eigenvalue weighted by molar-refractivity contribution is -0.145. The van der Waals surface area contributed by atoms with E-state index in [2.05, 4.69) is 92.7 Å². The van der Waals surface area contributed by atoms with Crippen molar-refractivity contribution in [2.45, 2.75) is 109 Å². The number of ether oxygens (including phenoxy) is 3. The van der Waals surface area contributed by atoms with Crippen LogP contribution in [-0.4, -0.2) is 49.7 Å². The molecule has 0 fully saturated rings. The van der Waals surface area contributed by atoms with E-state index in [9.17, 15) is 4.79 Å². The average Bonchev–Trinajstić information content (AvgIpc) is 3.14. The molecule has 0 aliphatic heterocycles. The van der Waals surface area contributed by atoms with Gasteiger partial charge in [-0.15, -0.1) is 0 Å². The third-order valence-electron chi connectivity index (χ3n) is 9.96. The van der Waals surface area contributed by atoms with Crippen molar-refractivity contribution in [2.24, 2.45) is 11.8 Å². The van der Waals surface area contributed by atoms with Gasteiger partial charge in [-0.1, -0.05) is 94.6 Å². The molecule has 49 heavy (non-hydrogen) atoms. The maximum atomic E-state index is 13.1. The second kappa shape index (κ2) is 22.4. The standard InChI is InChI=1S/C43H62O6/c1-5-34(2)31-37(36-17-11-10-12-18-36)33-43(32-35(3)42(46)47-4,38-19-23-40(24-20-38)48-29-15-8-6-13-27-44)39-21-25-41(26-22-39)49-30-16-9-7-14-28-45/h10-12,17-26,34-35,37,44-45H,5-9,13-16,27-33H2,1-4H3. The Morgan fingerprint density at radius 1 is 0.673 bits per heavy atom. The third kappa shape index (κ3) is 13.1. The van der Waals surface area contributed by atoms with Crippen molar-refractivity contribution in [2.75, 3.05) is 33.5 Å². The molecule has 0 saturated carbocycles. The SMILES string of the molecule is CCC(C)CC(CC(CC(C)C(=O)OC)(c1ccc(OCCCCCCO)cc1)c1ccc(OCCCCCCO)cc1)c1ccccc1. The summed E-state index contributed by atoms with van der Waals surface area (Å²) in [5, 5.41) is 18.1. The maximum Gasteiger partial charge on any atom is 0.308 e. The molecule has 0 amide bonds. The van der Waals surface area contributed by atoms with Crippen LogP contribution in [0, 0.1) is 11.8 Å². The van der Waals surface area contributed by atoms with Gasteiger partial charge in [0.2, 0.25) is 0 Å². The fourth-order valence-corrected chi connectivity index (χ4v) is 6.92. The second-order valence-corrected chi connectivity index (χ2v) is 13.8. The van der Waals surface area contributed by atoms with Gasteiger partial charge in [0.15, 0.2) is 0 Å². The van der Waals surface area contributed by atoms with Crippen LogP contribution in [-0.2, 0) is 14.9 Å². The molecule has 3 rings (SSSR count). The van der Waals surface area contributed by atoms with Crippen molar-refractivity contribution in [1.82, 2.24) is 0 Å². The lowest BCUT2D eigenvalue weighted by Crippen LogP contribution is -2.35. The minimum atomic E-state index is -0.493. The number of carbonyl (C=O) groups is 1. The highest BCUT2D eigenvalue weighted by atomic mass is 16.5. The number of aliphatic hydroxyl groups excluding tert-OH is 2. The van der Waals surface area contributed by atoms with Crippen LogP contribution in [0.1, 0.15) is 120 Å². The van der Waals surface area contributed by atoms with E-state index in [0.29, 0.717) is 25.6 Å². The van der Waals surface area contributed by atoms with Gasteiger partial charge in [0.25, 0.3) is 0 Å². The van der Waals surface area contributed by atoms with E-state index in [0.717, 1.165) is 93.3 Å². The van der Waals surface area contributed by atoms with Gasteiger partial charge in [0.1, 0.15) is 11.5 Å². The van der Waals surface area contributed by atoms with Crippen molar-refractivity contribution in [3.8, 4) is 11.5 Å². The van der Waals surface area contributed by atoms with Crippen molar-refractivity contribution in [1.29, 1.82) is 0 Å². The van der Waals surface area contributed by atoms with Gasteiger partial charge in [-0.25, -0.2) is 0 Å². The summed E-state index contributed by atoms with van der Waals surface area (Å²) < 4.78 is 17.6. The molecule has 0 aliphatic carbocycles. The molecule has 2 N–H and O–H groups in total. The zero-order chi connectivity index (χ0) is 35.3. The molecule has 0 bridgehead atoms. The first kappa shape index (κ1) is 40.1. The van der Waals surface area contributed by atoms with Crippen LogP contribution >= 0.6 is 0 Å². The van der Waals surface area contributed by atoms with E-state index in [1.807, 2.05) is 6.92 Å². The molecule has 0 aromatic heterocycles. The molecule has 0 radical (unpaired) electrons. The fourth-order valence-electron chi connectivity index (χ4n) is 6.92. The highest BCUT2D eigenvalue weighted by molar-refractivity contribution is 5.72. The number of unbranched alkanes of at least 4 members (excludes halogenated alkanes) is 6. The fraction of sp³-hybridized carbons (Fsp3) is 0.558. The highest BCUT2D eigenvalue weighted by Gasteiger charge is 2.40. The van der Waals surface area contributed by atoms with Crippen LogP contribution in [0.3, 0.4) is 0 Å². The molecule has 6 heteroatoms. The predicted molar refractivity (Wildman–Crippen MR) is 199 cm³/mol. The van der Waals surface area contributed by atoms with E-state index < -0.39 is 5.41 Å². The lowest BCUT2D eigenvalue weighted by atomic mass is 9.63. The van der Waals surface area contributed by atoms with Gasteiger partial charge in [-0.2, -0.15) is 0 Å². The van der Waals surface area contributed by atoms with Crippen molar-refractivity contribution in [3.05, 3.63) is 95.6 Å². The van der Waals surface area contributed by atoms with Gasteiger partial charge in [-0.05, 0) is 111 Å². The van der Waals surface area contributed by atoms with Crippen molar-refractivity contribution in [3.63, 3.8) is 0 Å². The number of esters is 1. The molecule has 0 aliphatic rings. The Morgan fingerprint density at radius 3 is 1.61 bits per heavy atom. The number of benzene rings is 3. The van der Waals surface area contributed by atoms with Gasteiger partial charge in [0.05, 0.1) is 26.2 Å². The first-order valence-corrected chi connectivity index (χ1v) is 18.7. The molecule has 270 valence electrons. The first-order chi connectivity index (χ1) is 23.9. The molecule has 0 heterocycles. The Balaban J connectivity index is 2.03. The summed E-state index contributed by atoms with van der Waals surface area (Å²) in [4.78, 5) is 13.1. The quantitative estimate of drug-likeness (QED) is 0.0688. The Bertz CT molecular complexity index is 1230. The number of hydrogen-bond acceptors (Lipinski definition) is 6. The molecule has 3 aromatic carbocycles. The normalized spacial score (nSPS) is 13.4. The van der Waals surface area contributed by atoms with Crippen LogP contribution in [0.2, 0.25) is 0 Å². The molecular formula is C43H62O6. The number of rotatable bonds is 25. The molecule has 0 saturated heterocycles. The monoisotopic (exact) mass is 674 g/mol. The van der Waals surface area contributed by atoms with Gasteiger partial charge in [-0.3, -0.25) is 4.79 Å². The largest absolute Gasteiger partial charge is 0.494 e. The van der Waals surface area contributed by atoms with Crippen LogP contribution in [0.5, 0.6) is 11.5 Å². The Labute approximate surface area is 296 Å². The molecule has 0 spiro atoms. The molecule has 3 atom stereocenters. The number of hydrogen-bond donors (Lipinski definition) is 2. The highest BCUT2D eigenvalue weighted by Crippen LogP contribution is 2.48. The summed E-state index contributed by atoms with van der Waals surface area (Å²) in [6, 6.07) is 27.9. The minimum Gasteiger partial charge on any atom is -0.494 e.